The predicted octanol–water partition coefficient (Wildman–Crippen LogP) is 3.48. The molecule has 4 rings (SSSR count). The molecule has 0 spiro atoms. The number of allylic oxidation sites excluding steroid dienone is 1. The Kier molecular flexibility index (Phi) is 5.33. The van der Waals surface area contributed by atoms with Gasteiger partial charge in [0.15, 0.2) is 5.88 Å². The fraction of sp³-hybridized carbons (Fsp3) is 0.318. The van der Waals surface area contributed by atoms with Crippen LogP contribution in [0.3, 0.4) is 0 Å². The molecule has 7 heteroatoms. The van der Waals surface area contributed by atoms with Gasteiger partial charge in [0.1, 0.15) is 23.9 Å². The van der Waals surface area contributed by atoms with E-state index in [1.54, 1.807) is 11.1 Å². The Hall–Kier alpha value is -3.55. The van der Waals surface area contributed by atoms with E-state index in [1.807, 2.05) is 42.5 Å². The second-order valence-electron chi connectivity index (χ2n) is 7.16. The first-order valence-corrected chi connectivity index (χ1v) is 9.76. The van der Waals surface area contributed by atoms with Crippen LogP contribution in [0.15, 0.2) is 57.6 Å². The van der Waals surface area contributed by atoms with Gasteiger partial charge in [-0.05, 0) is 37.5 Å². The number of nitrogens with two attached hydrogens (primary N) is 1. The normalized spacial score (nSPS) is 22.2. The van der Waals surface area contributed by atoms with Crippen LogP contribution in [-0.2, 0) is 0 Å². The minimum absolute atomic E-state index is 0.282. The average molecular weight is 386 g/mol. The van der Waals surface area contributed by atoms with Crippen molar-refractivity contribution in [2.75, 3.05) is 23.0 Å². The Morgan fingerprint density at radius 3 is 2.55 bits per heavy atom. The van der Waals surface area contributed by atoms with Crippen molar-refractivity contribution in [2.45, 2.75) is 25.4 Å². The first-order valence-electron chi connectivity index (χ1n) is 9.76. The van der Waals surface area contributed by atoms with Crippen LogP contribution in [0.25, 0.3) is 6.08 Å². The van der Waals surface area contributed by atoms with Crippen LogP contribution < -0.4 is 15.6 Å². The average Bonchev–Trinajstić information content (AvgIpc) is 3.37. The van der Waals surface area contributed by atoms with E-state index in [4.69, 9.17) is 10.2 Å². The molecule has 2 atom stereocenters. The zero-order valence-electron chi connectivity index (χ0n) is 16.0. The molecule has 0 saturated carbocycles. The summed E-state index contributed by atoms with van der Waals surface area (Å²) in [4.78, 5) is 2.21. The summed E-state index contributed by atoms with van der Waals surface area (Å²) in [6.07, 6.45) is 4.54. The maximum atomic E-state index is 9.74. The molecule has 7 nitrogen and oxygen atoms in total. The number of furan rings is 1. The van der Waals surface area contributed by atoms with Gasteiger partial charge in [-0.25, -0.2) is 5.01 Å². The van der Waals surface area contributed by atoms with E-state index in [0.29, 0.717) is 11.5 Å². The number of rotatable bonds is 4. The van der Waals surface area contributed by atoms with E-state index in [1.165, 1.54) is 6.42 Å². The zero-order chi connectivity index (χ0) is 20.2. The molecule has 0 amide bonds. The van der Waals surface area contributed by atoms with Crippen LogP contribution >= 0.6 is 0 Å². The summed E-state index contributed by atoms with van der Waals surface area (Å²) in [7, 11) is 0. The van der Waals surface area contributed by atoms with Crippen LogP contribution in [0.2, 0.25) is 0 Å². The van der Waals surface area contributed by atoms with Crippen molar-refractivity contribution in [3.05, 3.63) is 53.8 Å². The standard InChI is InChI=1S/C22H22N6O/c23-14-16(13-18-9-10-20(29-18)27-11-5-2-6-12-27)21-19(15-24)22(25)28(26-21)17-7-3-1-4-8-17/h1,3-4,7-10,13,19,22H,2,5-6,11-12,25H2/b16-13-/t19-,22-/m0/s1. The van der Waals surface area contributed by atoms with Crippen LogP contribution in [-0.4, -0.2) is 25.0 Å². The van der Waals surface area contributed by atoms with E-state index in [9.17, 15) is 10.5 Å². The van der Waals surface area contributed by atoms with Crippen molar-refractivity contribution in [1.29, 1.82) is 10.5 Å². The Bertz CT molecular complexity index is 1000. The second-order valence-corrected chi connectivity index (χ2v) is 7.16. The maximum absolute atomic E-state index is 9.74. The third kappa shape index (κ3) is 3.73. The molecular formula is C22H22N6O. The van der Waals surface area contributed by atoms with Gasteiger partial charge in [0.05, 0.1) is 23.0 Å². The molecule has 2 aromatic rings. The van der Waals surface area contributed by atoms with Gasteiger partial charge in [-0.15, -0.1) is 0 Å². The summed E-state index contributed by atoms with van der Waals surface area (Å²) in [6.45, 7) is 1.96. The van der Waals surface area contributed by atoms with Crippen LogP contribution in [0.4, 0.5) is 11.6 Å². The van der Waals surface area contributed by atoms with Gasteiger partial charge in [-0.2, -0.15) is 15.6 Å². The smallest absolute Gasteiger partial charge is 0.196 e. The third-order valence-electron chi connectivity index (χ3n) is 5.26. The summed E-state index contributed by atoms with van der Waals surface area (Å²) in [5.41, 5.74) is 7.69. The second kappa shape index (κ2) is 8.22. The lowest BCUT2D eigenvalue weighted by atomic mass is 9.96. The van der Waals surface area contributed by atoms with Crippen molar-refractivity contribution >= 4 is 23.4 Å². The summed E-state index contributed by atoms with van der Waals surface area (Å²) in [5, 5.41) is 25.5. The van der Waals surface area contributed by atoms with E-state index < -0.39 is 12.1 Å². The highest BCUT2D eigenvalue weighted by atomic mass is 16.4. The highest BCUT2D eigenvalue weighted by molar-refractivity contribution is 6.11. The molecular weight excluding hydrogens is 364 g/mol. The Morgan fingerprint density at radius 2 is 1.86 bits per heavy atom. The monoisotopic (exact) mass is 386 g/mol. The first kappa shape index (κ1) is 18.8. The molecule has 0 unspecified atom stereocenters. The van der Waals surface area contributed by atoms with E-state index in [-0.39, 0.29) is 5.57 Å². The fourth-order valence-electron chi connectivity index (χ4n) is 3.73. The summed E-state index contributed by atoms with van der Waals surface area (Å²) < 4.78 is 5.94. The van der Waals surface area contributed by atoms with Crippen molar-refractivity contribution in [3.8, 4) is 12.1 Å². The highest BCUT2D eigenvalue weighted by Crippen LogP contribution is 2.29. The number of hydrazone groups is 1. The largest absolute Gasteiger partial charge is 0.441 e. The summed E-state index contributed by atoms with van der Waals surface area (Å²) >= 11 is 0. The van der Waals surface area contributed by atoms with Crippen molar-refractivity contribution in [1.82, 2.24) is 0 Å². The van der Waals surface area contributed by atoms with E-state index >= 15 is 0 Å². The quantitative estimate of drug-likeness (QED) is 0.807. The SMILES string of the molecule is N#C/C(=C/c1ccc(N2CCCCC2)o1)C1=NN(c2ccccc2)[C@H](N)[C@H]1C#N. The predicted molar refractivity (Wildman–Crippen MR) is 112 cm³/mol. The number of nitriles is 2. The third-order valence-corrected chi connectivity index (χ3v) is 5.26. The van der Waals surface area contributed by atoms with Crippen LogP contribution in [0, 0.1) is 28.6 Å². The molecule has 1 aromatic carbocycles. The van der Waals surface area contributed by atoms with E-state index in [2.05, 4.69) is 22.1 Å². The Morgan fingerprint density at radius 1 is 1.10 bits per heavy atom. The van der Waals surface area contributed by atoms with Crippen molar-refractivity contribution in [2.24, 2.45) is 16.8 Å². The number of piperidine rings is 1. The minimum atomic E-state index is -0.711. The lowest BCUT2D eigenvalue weighted by molar-refractivity contribution is 0.496. The molecule has 3 heterocycles. The molecule has 0 aliphatic carbocycles. The molecule has 146 valence electrons. The molecule has 1 saturated heterocycles. The van der Waals surface area contributed by atoms with Crippen LogP contribution in [0.5, 0.6) is 0 Å². The molecule has 1 aromatic heterocycles. The Balaban J connectivity index is 1.63. The number of benzene rings is 1. The van der Waals surface area contributed by atoms with Gasteiger partial charge in [-0.1, -0.05) is 18.2 Å². The molecule has 1 fully saturated rings. The van der Waals surface area contributed by atoms with Gasteiger partial charge in [0.2, 0.25) is 0 Å². The molecule has 29 heavy (non-hydrogen) atoms. The summed E-state index contributed by atoms with van der Waals surface area (Å²) in [6, 6.07) is 17.5. The first-order chi connectivity index (χ1) is 14.2. The van der Waals surface area contributed by atoms with Gasteiger partial charge in [0.25, 0.3) is 0 Å². The maximum Gasteiger partial charge on any atom is 0.196 e. The Labute approximate surface area is 169 Å². The number of para-hydroxylation sites is 1. The lowest BCUT2D eigenvalue weighted by Crippen LogP contribution is -2.40. The molecule has 0 bridgehead atoms. The molecule has 0 radical (unpaired) electrons. The number of nitrogens with zero attached hydrogens (tertiary/aromatic N) is 5. The molecule has 2 aliphatic rings. The number of anilines is 2. The minimum Gasteiger partial charge on any atom is -0.441 e. The van der Waals surface area contributed by atoms with Crippen LogP contribution in [0.1, 0.15) is 25.0 Å². The number of hydrogen-bond acceptors (Lipinski definition) is 7. The molecule has 2 aliphatic heterocycles. The van der Waals surface area contributed by atoms with Crippen molar-refractivity contribution in [3.63, 3.8) is 0 Å². The van der Waals surface area contributed by atoms with Gasteiger partial charge in [0, 0.05) is 25.2 Å². The highest BCUT2D eigenvalue weighted by Gasteiger charge is 2.37. The van der Waals surface area contributed by atoms with Gasteiger partial charge < -0.3 is 15.1 Å². The molecule has 2 N–H and O–H groups in total. The number of hydrogen-bond donors (Lipinski definition) is 1. The zero-order valence-corrected chi connectivity index (χ0v) is 16.0. The van der Waals surface area contributed by atoms with Gasteiger partial charge in [-0.3, -0.25) is 0 Å². The lowest BCUT2D eigenvalue weighted by Gasteiger charge is -2.25. The van der Waals surface area contributed by atoms with Gasteiger partial charge >= 0.3 is 0 Å². The summed E-state index contributed by atoms with van der Waals surface area (Å²) in [5.74, 6) is 0.659. The van der Waals surface area contributed by atoms with E-state index in [0.717, 1.165) is 37.5 Å². The topological polar surface area (TPSA) is 106 Å². The van der Waals surface area contributed by atoms with Crippen molar-refractivity contribution < 1.29 is 4.42 Å². The fourth-order valence-corrected chi connectivity index (χ4v) is 3.73.